The van der Waals surface area contributed by atoms with Crippen molar-refractivity contribution in [3.05, 3.63) is 118 Å². The van der Waals surface area contributed by atoms with Gasteiger partial charge in [-0.25, -0.2) is 9.78 Å². The van der Waals surface area contributed by atoms with E-state index in [1.165, 1.54) is 0 Å². The molecule has 0 radical (unpaired) electrons. The van der Waals surface area contributed by atoms with Gasteiger partial charge in [0.1, 0.15) is 11.4 Å². The monoisotopic (exact) mass is 648 g/mol. The molecule has 1 aliphatic rings. The number of rotatable bonds is 10. The molecule has 1 N–H and O–H groups in total. The minimum absolute atomic E-state index is 0.0172. The summed E-state index contributed by atoms with van der Waals surface area (Å²) in [5.41, 5.74) is 6.07. The van der Waals surface area contributed by atoms with Gasteiger partial charge in [-0.3, -0.25) is 9.59 Å². The van der Waals surface area contributed by atoms with Gasteiger partial charge in [0, 0.05) is 36.0 Å². The molecule has 1 aliphatic heterocycles. The number of hydrogen-bond acceptors (Lipinski definition) is 6. The number of amides is 2. The van der Waals surface area contributed by atoms with E-state index in [2.05, 4.69) is 10.3 Å². The number of ether oxygens (including phenoxy) is 2. The van der Waals surface area contributed by atoms with Crippen LogP contribution in [0, 0.1) is 6.92 Å². The number of benzene rings is 3. The summed E-state index contributed by atoms with van der Waals surface area (Å²) in [4.78, 5) is 45.0. The van der Waals surface area contributed by atoms with Gasteiger partial charge in [0.25, 0.3) is 0 Å². The van der Waals surface area contributed by atoms with Crippen LogP contribution in [0.1, 0.15) is 84.9 Å². The molecule has 1 fully saturated rings. The average Bonchev–Trinajstić information content (AvgIpc) is 3.50. The second-order valence-electron chi connectivity index (χ2n) is 13.1. The maximum absolute atomic E-state index is 13.7. The molecule has 1 atom stereocenters. The third kappa shape index (κ3) is 8.39. The molecule has 4 aromatic rings. The van der Waals surface area contributed by atoms with E-state index in [0.29, 0.717) is 42.8 Å². The standard InChI is InChI=1S/C39H44N4O5/c1-26-24-42(25-41-26)34-18-11-29(23-35(34)47-6)22-33-8-7-21-43(37(33)45)27(2)30-14-16-32(17-15-30)36(44)31-12-9-28(10-13-31)19-20-40-38(46)48-39(3,4)5/h9-18,22-25,27H,7-8,19-21H2,1-6H3,(H,40,46)/b33-22+/t27-/m0/s1. The van der Waals surface area contributed by atoms with Gasteiger partial charge in [-0.05, 0) is 88.8 Å². The van der Waals surface area contributed by atoms with Gasteiger partial charge in [-0.1, -0.05) is 54.6 Å². The maximum atomic E-state index is 13.7. The zero-order chi connectivity index (χ0) is 34.4. The number of carbonyl (C=O) groups excluding carboxylic acids is 3. The lowest BCUT2D eigenvalue weighted by molar-refractivity contribution is -0.130. The molecule has 9 heteroatoms. The van der Waals surface area contributed by atoms with Gasteiger partial charge in [0.05, 0.1) is 30.9 Å². The van der Waals surface area contributed by atoms with E-state index in [-0.39, 0.29) is 17.7 Å². The highest BCUT2D eigenvalue weighted by Crippen LogP contribution is 2.31. The van der Waals surface area contributed by atoms with Crippen LogP contribution in [0.4, 0.5) is 4.79 Å². The summed E-state index contributed by atoms with van der Waals surface area (Å²) >= 11 is 0. The Morgan fingerprint density at radius 2 is 1.71 bits per heavy atom. The highest BCUT2D eigenvalue weighted by Gasteiger charge is 2.28. The largest absolute Gasteiger partial charge is 0.495 e. The predicted molar refractivity (Wildman–Crippen MR) is 186 cm³/mol. The molecule has 0 aliphatic carbocycles. The number of nitrogens with one attached hydrogen (secondary N) is 1. The predicted octanol–water partition coefficient (Wildman–Crippen LogP) is 7.25. The summed E-state index contributed by atoms with van der Waals surface area (Å²) in [6, 6.07) is 20.7. The number of hydrogen-bond donors (Lipinski definition) is 1. The van der Waals surface area contributed by atoms with E-state index in [1.54, 1.807) is 13.4 Å². The molecular formula is C39H44N4O5. The fraction of sp³-hybridized carbons (Fsp3) is 0.333. The third-order valence-corrected chi connectivity index (χ3v) is 8.34. The number of likely N-dealkylation sites (tertiary alicyclic amines) is 1. The smallest absolute Gasteiger partial charge is 0.407 e. The fourth-order valence-corrected chi connectivity index (χ4v) is 5.79. The van der Waals surface area contributed by atoms with Crippen molar-refractivity contribution in [2.45, 2.75) is 65.5 Å². The van der Waals surface area contributed by atoms with Crippen molar-refractivity contribution in [3.63, 3.8) is 0 Å². The van der Waals surface area contributed by atoms with Crippen molar-refractivity contribution in [1.29, 1.82) is 0 Å². The number of alkyl carbamates (subject to hydrolysis) is 1. The van der Waals surface area contributed by atoms with E-state index < -0.39 is 11.7 Å². The Morgan fingerprint density at radius 1 is 1.02 bits per heavy atom. The molecule has 0 unspecified atom stereocenters. The Balaban J connectivity index is 1.20. The number of methoxy groups -OCH3 is 1. The van der Waals surface area contributed by atoms with Crippen LogP contribution in [-0.2, 0) is 16.0 Å². The quantitative estimate of drug-likeness (QED) is 0.144. The van der Waals surface area contributed by atoms with Gasteiger partial charge in [0.2, 0.25) is 5.91 Å². The van der Waals surface area contributed by atoms with Crippen LogP contribution in [0.15, 0.2) is 84.8 Å². The Labute approximate surface area is 282 Å². The van der Waals surface area contributed by atoms with Crippen molar-refractivity contribution in [1.82, 2.24) is 19.8 Å². The zero-order valence-corrected chi connectivity index (χ0v) is 28.6. The minimum atomic E-state index is -0.542. The number of carbonyl (C=O) groups is 3. The second-order valence-corrected chi connectivity index (χ2v) is 13.1. The third-order valence-electron chi connectivity index (χ3n) is 8.34. The molecule has 2 heterocycles. The van der Waals surface area contributed by atoms with Crippen LogP contribution >= 0.6 is 0 Å². The zero-order valence-electron chi connectivity index (χ0n) is 28.6. The molecule has 0 saturated carbocycles. The normalized spacial score (nSPS) is 14.9. The van der Waals surface area contributed by atoms with Crippen LogP contribution in [-0.4, -0.2) is 58.0 Å². The van der Waals surface area contributed by atoms with E-state index in [9.17, 15) is 14.4 Å². The molecule has 9 nitrogen and oxygen atoms in total. The summed E-state index contributed by atoms with van der Waals surface area (Å²) in [6.45, 7) is 10.5. The van der Waals surface area contributed by atoms with Crippen molar-refractivity contribution >= 4 is 23.9 Å². The molecular weight excluding hydrogens is 604 g/mol. The van der Waals surface area contributed by atoms with E-state index in [4.69, 9.17) is 9.47 Å². The van der Waals surface area contributed by atoms with Gasteiger partial charge < -0.3 is 24.3 Å². The molecule has 0 bridgehead atoms. The Morgan fingerprint density at radius 3 is 2.33 bits per heavy atom. The molecule has 5 rings (SSSR count). The van der Waals surface area contributed by atoms with Crippen molar-refractivity contribution in [2.75, 3.05) is 20.2 Å². The summed E-state index contributed by atoms with van der Waals surface area (Å²) < 4.78 is 12.8. The Bertz CT molecular complexity index is 1800. The lowest BCUT2D eigenvalue weighted by atomic mass is 9.95. The lowest BCUT2D eigenvalue weighted by Crippen LogP contribution is -2.38. The van der Waals surface area contributed by atoms with Crippen LogP contribution in [0.3, 0.4) is 0 Å². The molecule has 2 amide bonds. The first-order valence-corrected chi connectivity index (χ1v) is 16.3. The highest BCUT2D eigenvalue weighted by molar-refractivity contribution is 6.09. The highest BCUT2D eigenvalue weighted by atomic mass is 16.6. The fourth-order valence-electron chi connectivity index (χ4n) is 5.79. The van der Waals surface area contributed by atoms with Gasteiger partial charge in [-0.2, -0.15) is 0 Å². The van der Waals surface area contributed by atoms with Crippen molar-refractivity contribution < 1.29 is 23.9 Å². The van der Waals surface area contributed by atoms with Crippen molar-refractivity contribution in [2.24, 2.45) is 0 Å². The molecule has 1 saturated heterocycles. The van der Waals surface area contributed by atoms with Gasteiger partial charge in [0.15, 0.2) is 5.78 Å². The second kappa shape index (κ2) is 14.7. The lowest BCUT2D eigenvalue weighted by Gasteiger charge is -2.34. The van der Waals surface area contributed by atoms with Crippen LogP contribution < -0.4 is 10.1 Å². The SMILES string of the molecule is COc1cc(/C=C2\CCCN([C@@H](C)c3ccc(C(=O)c4ccc(CCNC(=O)OC(C)(C)C)cc4)cc3)C2=O)ccc1-n1cnc(C)c1. The first kappa shape index (κ1) is 34.2. The number of ketones is 1. The van der Waals surface area contributed by atoms with Crippen LogP contribution in [0.2, 0.25) is 0 Å². The molecule has 0 spiro atoms. The number of aryl methyl sites for hydroxylation is 1. The van der Waals surface area contributed by atoms with Crippen molar-refractivity contribution in [3.8, 4) is 11.4 Å². The van der Waals surface area contributed by atoms with E-state index in [0.717, 1.165) is 40.1 Å². The van der Waals surface area contributed by atoms with Crippen LogP contribution in [0.25, 0.3) is 11.8 Å². The molecule has 3 aromatic carbocycles. The first-order chi connectivity index (χ1) is 22.9. The van der Waals surface area contributed by atoms with Crippen LogP contribution in [0.5, 0.6) is 5.75 Å². The summed E-state index contributed by atoms with van der Waals surface area (Å²) in [7, 11) is 1.64. The van der Waals surface area contributed by atoms with E-state index in [1.807, 2.05) is 123 Å². The Hall–Kier alpha value is -5.18. The van der Waals surface area contributed by atoms with Gasteiger partial charge >= 0.3 is 6.09 Å². The molecule has 1 aromatic heterocycles. The summed E-state index contributed by atoms with van der Waals surface area (Å²) in [6.07, 6.45) is 7.41. The number of aromatic nitrogens is 2. The summed E-state index contributed by atoms with van der Waals surface area (Å²) in [5, 5.41) is 2.75. The number of nitrogens with zero attached hydrogens (tertiary/aromatic N) is 3. The maximum Gasteiger partial charge on any atom is 0.407 e. The summed E-state index contributed by atoms with van der Waals surface area (Å²) in [5.74, 6) is 0.647. The molecule has 48 heavy (non-hydrogen) atoms. The number of piperidine rings is 1. The first-order valence-electron chi connectivity index (χ1n) is 16.3. The molecule has 250 valence electrons. The van der Waals surface area contributed by atoms with Gasteiger partial charge in [-0.15, -0.1) is 0 Å². The average molecular weight is 649 g/mol. The Kier molecular flexibility index (Phi) is 10.5. The number of imidazole rings is 1. The minimum Gasteiger partial charge on any atom is -0.495 e. The van der Waals surface area contributed by atoms with E-state index >= 15 is 0 Å². The topological polar surface area (TPSA) is 103 Å².